The van der Waals surface area contributed by atoms with Crippen LogP contribution in [-0.4, -0.2) is 22.1 Å². The predicted molar refractivity (Wildman–Crippen MR) is 103 cm³/mol. The van der Waals surface area contributed by atoms with E-state index in [1.54, 1.807) is 12.1 Å². The van der Waals surface area contributed by atoms with Crippen LogP contribution in [0.15, 0.2) is 54.6 Å². The summed E-state index contributed by atoms with van der Waals surface area (Å²) < 4.78 is 0. The Morgan fingerprint density at radius 1 is 0.962 bits per heavy atom. The molecular formula is C19H16N4O2S. The first-order valence-corrected chi connectivity index (χ1v) is 8.67. The molecule has 6 nitrogen and oxygen atoms in total. The maximum Gasteiger partial charge on any atom is 0.328 e. The third-order valence-electron chi connectivity index (χ3n) is 3.42. The zero-order valence-corrected chi connectivity index (χ0v) is 14.8. The van der Waals surface area contributed by atoms with E-state index in [-0.39, 0.29) is 0 Å². The zero-order valence-electron chi connectivity index (χ0n) is 14.0. The zero-order chi connectivity index (χ0) is 18.4. The average molecular weight is 364 g/mol. The molecule has 2 aromatic carbocycles. The van der Waals surface area contributed by atoms with E-state index in [0.717, 1.165) is 11.1 Å². The summed E-state index contributed by atoms with van der Waals surface area (Å²) in [7, 11) is 0. The molecule has 130 valence electrons. The van der Waals surface area contributed by atoms with Gasteiger partial charge < -0.3 is 0 Å². The molecule has 1 aromatic heterocycles. The van der Waals surface area contributed by atoms with Gasteiger partial charge in [0.05, 0.1) is 0 Å². The average Bonchev–Trinajstić information content (AvgIpc) is 3.08. The van der Waals surface area contributed by atoms with Gasteiger partial charge in [-0.1, -0.05) is 65.4 Å². The van der Waals surface area contributed by atoms with Crippen molar-refractivity contribution < 1.29 is 9.59 Å². The Morgan fingerprint density at radius 3 is 2.42 bits per heavy atom. The number of carbonyl (C=O) groups excluding carboxylic acids is 2. The fraction of sp³-hybridized carbons (Fsp3) is 0.0526. The maximum atomic E-state index is 12.0. The number of hydrogen-bond donors (Lipinski definition) is 2. The molecule has 0 unspecified atom stereocenters. The standard InChI is InChI=1S/C19H16N4O2S/c1-13-7-10-15(11-8-13)17(24)20-18(25)21-19-23-22-16(26-19)12-9-14-5-3-2-4-6-14/h2-12H,1H3,(H2,20,21,23,24,25)/b12-9+. The summed E-state index contributed by atoms with van der Waals surface area (Å²) in [6.45, 7) is 1.92. The van der Waals surface area contributed by atoms with Crippen LogP contribution in [0.25, 0.3) is 12.2 Å². The normalized spacial score (nSPS) is 10.7. The van der Waals surface area contributed by atoms with Gasteiger partial charge in [0.15, 0.2) is 0 Å². The van der Waals surface area contributed by atoms with Gasteiger partial charge in [-0.25, -0.2) is 4.79 Å². The number of benzene rings is 2. The molecule has 7 heteroatoms. The van der Waals surface area contributed by atoms with Crippen molar-refractivity contribution >= 4 is 40.6 Å². The molecule has 0 fully saturated rings. The number of urea groups is 1. The molecule has 26 heavy (non-hydrogen) atoms. The minimum absolute atomic E-state index is 0.312. The van der Waals surface area contributed by atoms with Gasteiger partial charge in [0, 0.05) is 5.56 Å². The highest BCUT2D eigenvalue weighted by Gasteiger charge is 2.12. The van der Waals surface area contributed by atoms with E-state index in [1.807, 2.05) is 61.5 Å². The summed E-state index contributed by atoms with van der Waals surface area (Å²) in [6.07, 6.45) is 3.72. The molecule has 0 atom stereocenters. The molecule has 1 heterocycles. The number of hydrogen-bond acceptors (Lipinski definition) is 5. The van der Waals surface area contributed by atoms with Crippen LogP contribution in [0.2, 0.25) is 0 Å². The first-order valence-electron chi connectivity index (χ1n) is 7.86. The van der Waals surface area contributed by atoms with Gasteiger partial charge in [-0.05, 0) is 30.7 Å². The monoisotopic (exact) mass is 364 g/mol. The van der Waals surface area contributed by atoms with E-state index >= 15 is 0 Å². The van der Waals surface area contributed by atoms with Crippen molar-refractivity contribution in [3.05, 3.63) is 76.3 Å². The Bertz CT molecular complexity index is 934. The van der Waals surface area contributed by atoms with E-state index in [2.05, 4.69) is 20.8 Å². The fourth-order valence-electron chi connectivity index (χ4n) is 2.09. The number of nitrogens with one attached hydrogen (secondary N) is 2. The summed E-state index contributed by atoms with van der Waals surface area (Å²) in [4.78, 5) is 23.9. The number of imide groups is 1. The molecule has 0 saturated heterocycles. The largest absolute Gasteiger partial charge is 0.328 e. The minimum atomic E-state index is -0.648. The lowest BCUT2D eigenvalue weighted by atomic mass is 10.1. The molecular weight excluding hydrogens is 348 g/mol. The van der Waals surface area contributed by atoms with Crippen LogP contribution in [0.4, 0.5) is 9.93 Å². The molecule has 0 radical (unpaired) electrons. The maximum absolute atomic E-state index is 12.0. The topological polar surface area (TPSA) is 84.0 Å². The molecule has 3 aromatic rings. The van der Waals surface area contributed by atoms with Crippen molar-refractivity contribution in [2.24, 2.45) is 0 Å². The molecule has 0 aliphatic rings. The fourth-order valence-corrected chi connectivity index (χ4v) is 2.73. The Kier molecular flexibility index (Phi) is 5.50. The van der Waals surface area contributed by atoms with Crippen molar-refractivity contribution in [1.82, 2.24) is 15.5 Å². The van der Waals surface area contributed by atoms with Crippen LogP contribution in [-0.2, 0) is 0 Å². The number of anilines is 1. The van der Waals surface area contributed by atoms with Crippen LogP contribution in [0, 0.1) is 6.92 Å². The molecule has 3 rings (SSSR count). The number of amides is 3. The quantitative estimate of drug-likeness (QED) is 0.733. The van der Waals surface area contributed by atoms with Crippen molar-refractivity contribution in [2.75, 3.05) is 5.32 Å². The van der Waals surface area contributed by atoms with Gasteiger partial charge in [-0.2, -0.15) is 0 Å². The first kappa shape index (κ1) is 17.5. The number of rotatable bonds is 4. The van der Waals surface area contributed by atoms with E-state index < -0.39 is 11.9 Å². The minimum Gasteiger partial charge on any atom is -0.282 e. The summed E-state index contributed by atoms with van der Waals surface area (Å²) in [5.74, 6) is -0.476. The number of aromatic nitrogens is 2. The lowest BCUT2D eigenvalue weighted by Crippen LogP contribution is -2.34. The molecule has 0 aliphatic heterocycles. The van der Waals surface area contributed by atoms with Crippen LogP contribution in [0.5, 0.6) is 0 Å². The third-order valence-corrected chi connectivity index (χ3v) is 4.22. The lowest BCUT2D eigenvalue weighted by molar-refractivity contribution is 0.0967. The van der Waals surface area contributed by atoms with Crippen molar-refractivity contribution in [3.8, 4) is 0 Å². The van der Waals surface area contributed by atoms with Crippen molar-refractivity contribution in [2.45, 2.75) is 6.92 Å². The first-order chi connectivity index (χ1) is 12.6. The predicted octanol–water partition coefficient (Wildman–Crippen LogP) is 3.98. The van der Waals surface area contributed by atoms with Crippen molar-refractivity contribution in [3.63, 3.8) is 0 Å². The molecule has 2 N–H and O–H groups in total. The highest BCUT2D eigenvalue weighted by molar-refractivity contribution is 7.16. The second-order valence-corrected chi connectivity index (χ2v) is 6.47. The van der Waals surface area contributed by atoms with Crippen LogP contribution in [0.1, 0.15) is 26.5 Å². The number of aryl methyl sites for hydroxylation is 1. The molecule has 0 aliphatic carbocycles. The van der Waals surface area contributed by atoms with E-state index in [1.165, 1.54) is 11.3 Å². The van der Waals surface area contributed by atoms with Crippen LogP contribution < -0.4 is 10.6 Å². The highest BCUT2D eigenvalue weighted by Crippen LogP contribution is 2.17. The van der Waals surface area contributed by atoms with E-state index in [0.29, 0.717) is 15.7 Å². The van der Waals surface area contributed by atoms with Gasteiger partial charge in [0.25, 0.3) is 5.91 Å². The molecule has 3 amide bonds. The van der Waals surface area contributed by atoms with Gasteiger partial charge >= 0.3 is 6.03 Å². The van der Waals surface area contributed by atoms with E-state index in [4.69, 9.17) is 0 Å². The summed E-state index contributed by atoms with van der Waals surface area (Å²) in [5, 5.41) is 13.6. The van der Waals surface area contributed by atoms with Crippen LogP contribution >= 0.6 is 11.3 Å². The second kappa shape index (κ2) is 8.17. The lowest BCUT2D eigenvalue weighted by Gasteiger charge is -2.04. The van der Waals surface area contributed by atoms with Gasteiger partial charge in [0.1, 0.15) is 5.01 Å². The smallest absolute Gasteiger partial charge is 0.282 e. The van der Waals surface area contributed by atoms with E-state index in [9.17, 15) is 9.59 Å². The summed E-state index contributed by atoms with van der Waals surface area (Å²) in [6, 6.07) is 16.1. The highest BCUT2D eigenvalue weighted by atomic mass is 32.1. The molecule has 0 bridgehead atoms. The molecule has 0 spiro atoms. The van der Waals surface area contributed by atoms with Crippen LogP contribution in [0.3, 0.4) is 0 Å². The Hall–Kier alpha value is -3.32. The molecule has 0 saturated carbocycles. The number of nitrogens with zero attached hydrogens (tertiary/aromatic N) is 2. The SMILES string of the molecule is Cc1ccc(C(=O)NC(=O)Nc2nnc(/C=C/c3ccccc3)s2)cc1. The summed E-state index contributed by atoms with van der Waals surface area (Å²) in [5.41, 5.74) is 2.49. The Morgan fingerprint density at radius 2 is 1.69 bits per heavy atom. The van der Waals surface area contributed by atoms with Gasteiger partial charge in [0.2, 0.25) is 5.13 Å². The summed E-state index contributed by atoms with van der Waals surface area (Å²) >= 11 is 1.21. The Labute approximate surface area is 154 Å². The second-order valence-electron chi connectivity index (χ2n) is 5.46. The Balaban J connectivity index is 1.56. The third kappa shape index (κ3) is 4.84. The number of carbonyl (C=O) groups is 2. The van der Waals surface area contributed by atoms with Gasteiger partial charge in [-0.3, -0.25) is 15.4 Å². The van der Waals surface area contributed by atoms with Gasteiger partial charge in [-0.15, -0.1) is 10.2 Å². The van der Waals surface area contributed by atoms with Crippen molar-refractivity contribution in [1.29, 1.82) is 0 Å².